The molecule has 8 N–H and O–H groups in total. The molecule has 146 valence electrons. The Hall–Kier alpha value is -2.67. The Morgan fingerprint density at radius 3 is 1.44 bits per heavy atom. The number of hydrogen-bond donors (Lipinski definition) is 4. The molecule has 0 aromatic heterocycles. The van der Waals surface area contributed by atoms with E-state index in [9.17, 15) is 0 Å². The van der Waals surface area contributed by atoms with Gasteiger partial charge in [0, 0.05) is 22.9 Å². The largest absolute Gasteiger partial charge is 0.370 e. The lowest BCUT2D eigenvalue weighted by molar-refractivity contribution is 0.932. The van der Waals surface area contributed by atoms with E-state index in [4.69, 9.17) is 22.9 Å². The zero-order chi connectivity index (χ0) is 20.1. The van der Waals surface area contributed by atoms with Gasteiger partial charge in [0.25, 0.3) is 0 Å². The summed E-state index contributed by atoms with van der Waals surface area (Å²) < 4.78 is 0. The fourth-order valence-corrected chi connectivity index (χ4v) is 3.48. The van der Waals surface area contributed by atoms with Crippen LogP contribution in [-0.4, -0.2) is 25.0 Å². The SMILES string of the molecule is CC.NC(N)=NCCc1ccccc1Sc1ccccc1CCN=C(N)N. The van der Waals surface area contributed by atoms with Crippen molar-refractivity contribution < 1.29 is 0 Å². The third kappa shape index (κ3) is 8.50. The molecule has 0 aliphatic rings. The van der Waals surface area contributed by atoms with Gasteiger partial charge in [0.15, 0.2) is 11.9 Å². The average molecular weight is 387 g/mol. The van der Waals surface area contributed by atoms with E-state index in [-0.39, 0.29) is 11.9 Å². The van der Waals surface area contributed by atoms with Crippen LogP contribution in [0, 0.1) is 0 Å². The Kier molecular flexibility index (Phi) is 10.5. The molecule has 0 bridgehead atoms. The number of benzene rings is 2. The molecule has 0 amide bonds. The standard InChI is InChI=1S/C18H24N6S.C2H6/c19-17(20)23-11-9-13-5-1-3-7-15(13)25-16-8-4-2-6-14(16)10-12-24-18(21)22;1-2/h1-8H,9-12H2,(H4,19,20,23)(H4,21,22,24);1-2H3. The minimum Gasteiger partial charge on any atom is -0.370 e. The van der Waals surface area contributed by atoms with E-state index in [0.29, 0.717) is 13.1 Å². The molecule has 0 saturated heterocycles. The highest BCUT2D eigenvalue weighted by atomic mass is 32.2. The Labute approximate surface area is 166 Å². The lowest BCUT2D eigenvalue weighted by Crippen LogP contribution is -2.23. The minimum absolute atomic E-state index is 0.121. The number of guanidine groups is 2. The summed E-state index contributed by atoms with van der Waals surface area (Å²) in [5, 5.41) is 0. The summed E-state index contributed by atoms with van der Waals surface area (Å²) in [5.74, 6) is 0.241. The second-order valence-corrected chi connectivity index (χ2v) is 6.51. The lowest BCUT2D eigenvalue weighted by Gasteiger charge is -2.11. The van der Waals surface area contributed by atoms with E-state index in [1.54, 1.807) is 11.8 Å². The summed E-state index contributed by atoms with van der Waals surface area (Å²) in [4.78, 5) is 10.5. The fraction of sp³-hybridized carbons (Fsp3) is 0.300. The lowest BCUT2D eigenvalue weighted by atomic mass is 10.1. The molecule has 0 heterocycles. The topological polar surface area (TPSA) is 129 Å². The predicted octanol–water partition coefficient (Wildman–Crippen LogP) is 2.50. The third-order valence-electron chi connectivity index (χ3n) is 3.52. The summed E-state index contributed by atoms with van der Waals surface area (Å²) >= 11 is 1.74. The van der Waals surface area contributed by atoms with Crippen LogP contribution in [-0.2, 0) is 12.8 Å². The molecule has 0 aliphatic carbocycles. The number of hydrogen-bond acceptors (Lipinski definition) is 3. The van der Waals surface area contributed by atoms with Gasteiger partial charge in [-0.1, -0.05) is 62.0 Å². The maximum Gasteiger partial charge on any atom is 0.185 e. The Morgan fingerprint density at radius 1 is 0.704 bits per heavy atom. The summed E-state index contributed by atoms with van der Waals surface area (Å²) in [7, 11) is 0. The molecule has 0 aliphatic heterocycles. The number of aliphatic imine (C=N–C) groups is 2. The van der Waals surface area contributed by atoms with Crippen molar-refractivity contribution in [2.75, 3.05) is 13.1 Å². The monoisotopic (exact) mass is 386 g/mol. The number of rotatable bonds is 8. The molecule has 0 unspecified atom stereocenters. The molecule has 6 nitrogen and oxygen atoms in total. The smallest absolute Gasteiger partial charge is 0.185 e. The number of nitrogens with two attached hydrogens (primary N) is 4. The van der Waals surface area contributed by atoms with Crippen molar-refractivity contribution in [1.29, 1.82) is 0 Å². The van der Waals surface area contributed by atoms with Gasteiger partial charge in [-0.05, 0) is 36.1 Å². The molecule has 2 aromatic carbocycles. The molecule has 0 spiro atoms. The number of nitrogens with zero attached hydrogens (tertiary/aromatic N) is 2. The van der Waals surface area contributed by atoms with Crippen molar-refractivity contribution in [2.24, 2.45) is 32.9 Å². The van der Waals surface area contributed by atoms with Crippen molar-refractivity contribution in [3.63, 3.8) is 0 Å². The van der Waals surface area contributed by atoms with Gasteiger partial charge in [0.1, 0.15) is 0 Å². The Morgan fingerprint density at radius 2 is 1.07 bits per heavy atom. The first kappa shape index (κ1) is 22.4. The van der Waals surface area contributed by atoms with Gasteiger partial charge in [-0.15, -0.1) is 0 Å². The van der Waals surface area contributed by atoms with Crippen molar-refractivity contribution in [1.82, 2.24) is 0 Å². The quantitative estimate of drug-likeness (QED) is 0.409. The molecule has 2 aromatic rings. The maximum absolute atomic E-state index is 5.40. The van der Waals surface area contributed by atoms with Crippen LogP contribution in [0.5, 0.6) is 0 Å². The van der Waals surface area contributed by atoms with E-state index in [2.05, 4.69) is 34.3 Å². The van der Waals surface area contributed by atoms with Crippen molar-refractivity contribution in [2.45, 2.75) is 36.5 Å². The fourth-order valence-electron chi connectivity index (χ4n) is 2.35. The second kappa shape index (κ2) is 12.6. The first-order valence-corrected chi connectivity index (χ1v) is 9.82. The molecule has 0 saturated carbocycles. The molecule has 0 fully saturated rings. The second-order valence-electron chi connectivity index (χ2n) is 5.43. The molecule has 2 rings (SSSR count). The molecular formula is C20H30N6S. The van der Waals surface area contributed by atoms with E-state index in [1.165, 1.54) is 20.9 Å². The van der Waals surface area contributed by atoms with Crippen molar-refractivity contribution in [3.8, 4) is 0 Å². The summed E-state index contributed by atoms with van der Waals surface area (Å²) in [6.07, 6.45) is 1.58. The highest BCUT2D eigenvalue weighted by Crippen LogP contribution is 2.33. The molecule has 0 radical (unpaired) electrons. The van der Waals surface area contributed by atoms with Gasteiger partial charge >= 0.3 is 0 Å². The zero-order valence-corrected chi connectivity index (χ0v) is 16.9. The van der Waals surface area contributed by atoms with Gasteiger partial charge in [-0.2, -0.15) is 0 Å². The van der Waals surface area contributed by atoms with Gasteiger partial charge < -0.3 is 22.9 Å². The van der Waals surface area contributed by atoms with E-state index in [0.717, 1.165) is 12.8 Å². The van der Waals surface area contributed by atoms with Crippen molar-refractivity contribution in [3.05, 3.63) is 59.7 Å². The van der Waals surface area contributed by atoms with Crippen LogP contribution in [0.25, 0.3) is 0 Å². The highest BCUT2D eigenvalue weighted by molar-refractivity contribution is 7.99. The minimum atomic E-state index is 0.121. The molecule has 7 heteroatoms. The van der Waals surface area contributed by atoms with Crippen LogP contribution in [0.4, 0.5) is 0 Å². The van der Waals surface area contributed by atoms with Crippen LogP contribution >= 0.6 is 11.8 Å². The summed E-state index contributed by atoms with van der Waals surface area (Å²) in [6, 6.07) is 16.6. The van der Waals surface area contributed by atoms with Gasteiger partial charge in [-0.25, -0.2) is 0 Å². The highest BCUT2D eigenvalue weighted by Gasteiger charge is 2.07. The molecule has 0 atom stereocenters. The summed E-state index contributed by atoms with van der Waals surface area (Å²) in [5.41, 5.74) is 24.0. The van der Waals surface area contributed by atoms with Gasteiger partial charge in [-0.3, -0.25) is 9.98 Å². The average Bonchev–Trinajstić information content (AvgIpc) is 2.65. The Balaban J connectivity index is 0.00000176. The van der Waals surface area contributed by atoms with E-state index >= 15 is 0 Å². The van der Waals surface area contributed by atoms with Crippen LogP contribution in [0.3, 0.4) is 0 Å². The van der Waals surface area contributed by atoms with Crippen LogP contribution < -0.4 is 22.9 Å². The molecular weight excluding hydrogens is 356 g/mol. The zero-order valence-electron chi connectivity index (χ0n) is 16.1. The summed E-state index contributed by atoms with van der Waals surface area (Å²) in [6.45, 7) is 5.15. The van der Waals surface area contributed by atoms with E-state index in [1.807, 2.05) is 38.1 Å². The van der Waals surface area contributed by atoms with Crippen LogP contribution in [0.2, 0.25) is 0 Å². The van der Waals surface area contributed by atoms with Gasteiger partial charge in [0.05, 0.1) is 0 Å². The van der Waals surface area contributed by atoms with Crippen LogP contribution in [0.1, 0.15) is 25.0 Å². The normalized spacial score (nSPS) is 9.70. The molecule has 27 heavy (non-hydrogen) atoms. The Bertz CT molecular complexity index is 686. The maximum atomic E-state index is 5.40. The van der Waals surface area contributed by atoms with Crippen molar-refractivity contribution >= 4 is 23.7 Å². The predicted molar refractivity (Wildman–Crippen MR) is 117 cm³/mol. The van der Waals surface area contributed by atoms with E-state index < -0.39 is 0 Å². The first-order valence-electron chi connectivity index (χ1n) is 9.00. The third-order valence-corrected chi connectivity index (χ3v) is 4.75. The van der Waals surface area contributed by atoms with Gasteiger partial charge in [0.2, 0.25) is 0 Å². The first-order chi connectivity index (χ1) is 13.1. The van der Waals surface area contributed by atoms with Crippen LogP contribution in [0.15, 0.2) is 68.3 Å².